The summed E-state index contributed by atoms with van der Waals surface area (Å²) in [7, 11) is 1.65. The van der Waals surface area contributed by atoms with Crippen LogP contribution < -0.4 is 10.1 Å². The molecule has 0 amide bonds. The molecular weight excluding hydrogens is 427 g/mol. The predicted molar refractivity (Wildman–Crippen MR) is 124 cm³/mol. The van der Waals surface area contributed by atoms with Crippen molar-refractivity contribution < 1.29 is 13.9 Å². The van der Waals surface area contributed by atoms with Crippen molar-refractivity contribution in [1.29, 1.82) is 0 Å². The monoisotopic (exact) mass is 454 g/mol. The molecule has 168 valence electrons. The predicted octanol–water partition coefficient (Wildman–Crippen LogP) is 5.52. The molecule has 1 aromatic heterocycles. The van der Waals surface area contributed by atoms with Gasteiger partial charge in [-0.15, -0.1) is 10.2 Å². The molecule has 1 aliphatic carbocycles. The number of nitrogens with one attached hydrogen (secondary N) is 1. The van der Waals surface area contributed by atoms with E-state index in [9.17, 15) is 9.18 Å². The van der Waals surface area contributed by atoms with E-state index in [1.54, 1.807) is 7.11 Å². The van der Waals surface area contributed by atoms with Gasteiger partial charge in [-0.1, -0.05) is 37.1 Å². The maximum absolute atomic E-state index is 13.1. The number of halogens is 1. The zero-order valence-electron chi connectivity index (χ0n) is 18.1. The van der Waals surface area contributed by atoms with Crippen molar-refractivity contribution in [3.05, 3.63) is 65.7 Å². The van der Waals surface area contributed by atoms with Gasteiger partial charge < -0.3 is 14.6 Å². The van der Waals surface area contributed by atoms with E-state index in [-0.39, 0.29) is 17.4 Å². The van der Waals surface area contributed by atoms with Crippen molar-refractivity contribution >= 4 is 23.2 Å². The molecule has 8 heteroatoms. The van der Waals surface area contributed by atoms with Gasteiger partial charge in [0.1, 0.15) is 11.6 Å². The van der Waals surface area contributed by atoms with E-state index >= 15 is 0 Å². The van der Waals surface area contributed by atoms with Crippen LogP contribution in [-0.2, 0) is 6.54 Å². The number of rotatable bonds is 9. The van der Waals surface area contributed by atoms with E-state index in [0.717, 1.165) is 35.3 Å². The number of thioether (sulfide) groups is 1. The normalized spacial score (nSPS) is 14.3. The summed E-state index contributed by atoms with van der Waals surface area (Å²) in [6.45, 7) is 0.531. The molecule has 0 radical (unpaired) electrons. The Hall–Kier alpha value is -2.87. The number of Topliss-reactive ketones (excluding diaryl/α,β-unsaturated/α-hetero) is 1. The van der Waals surface area contributed by atoms with E-state index in [2.05, 4.69) is 20.1 Å². The third-order valence-corrected chi connectivity index (χ3v) is 6.64. The highest BCUT2D eigenvalue weighted by molar-refractivity contribution is 7.99. The van der Waals surface area contributed by atoms with Crippen LogP contribution in [0.2, 0.25) is 0 Å². The Morgan fingerprint density at radius 1 is 1.16 bits per heavy atom. The van der Waals surface area contributed by atoms with Gasteiger partial charge in [0.15, 0.2) is 16.8 Å². The molecule has 32 heavy (non-hydrogen) atoms. The zero-order valence-corrected chi connectivity index (χ0v) is 18.9. The van der Waals surface area contributed by atoms with Gasteiger partial charge in [0.2, 0.25) is 0 Å². The van der Waals surface area contributed by atoms with Gasteiger partial charge in [0, 0.05) is 23.4 Å². The molecule has 1 aliphatic rings. The second kappa shape index (κ2) is 10.6. The first-order chi connectivity index (χ1) is 15.6. The van der Waals surface area contributed by atoms with Crippen molar-refractivity contribution in [3.63, 3.8) is 0 Å². The molecule has 0 saturated heterocycles. The molecule has 1 N–H and O–H groups in total. The first-order valence-corrected chi connectivity index (χ1v) is 11.9. The van der Waals surface area contributed by atoms with Gasteiger partial charge >= 0.3 is 0 Å². The Labute approximate surface area is 191 Å². The second-order valence-electron chi connectivity index (χ2n) is 7.86. The number of ether oxygens (including phenoxy) is 1. The van der Waals surface area contributed by atoms with Crippen LogP contribution in [-0.4, -0.2) is 33.4 Å². The molecule has 0 atom stereocenters. The number of hydrogen-bond acceptors (Lipinski definition) is 6. The van der Waals surface area contributed by atoms with Gasteiger partial charge in [-0.2, -0.15) is 0 Å². The number of methoxy groups -OCH3 is 1. The molecule has 0 aliphatic heterocycles. The summed E-state index contributed by atoms with van der Waals surface area (Å²) >= 11 is 1.39. The number of nitrogens with zero attached hydrogens (tertiary/aromatic N) is 3. The highest BCUT2D eigenvalue weighted by atomic mass is 32.2. The van der Waals surface area contributed by atoms with Crippen LogP contribution in [0.1, 0.15) is 54.3 Å². The van der Waals surface area contributed by atoms with Crippen LogP contribution in [0.5, 0.6) is 5.75 Å². The number of aromatic nitrogens is 3. The highest BCUT2D eigenvalue weighted by Gasteiger charge is 2.23. The molecule has 4 rings (SSSR count). The Bertz CT molecular complexity index is 1050. The van der Waals surface area contributed by atoms with Crippen LogP contribution in [0.4, 0.5) is 10.1 Å². The number of carbonyl (C=O) groups excluding carboxylic acids is 1. The smallest absolute Gasteiger partial charge is 0.191 e. The van der Waals surface area contributed by atoms with Crippen LogP contribution in [0.3, 0.4) is 0 Å². The zero-order chi connectivity index (χ0) is 22.3. The van der Waals surface area contributed by atoms with Crippen molar-refractivity contribution in [3.8, 4) is 5.75 Å². The van der Waals surface area contributed by atoms with Gasteiger partial charge in [-0.25, -0.2) is 4.39 Å². The van der Waals surface area contributed by atoms with E-state index < -0.39 is 0 Å². The summed E-state index contributed by atoms with van der Waals surface area (Å²) in [5.74, 6) is 1.49. The van der Waals surface area contributed by atoms with Crippen LogP contribution in [0.15, 0.2) is 53.7 Å². The Morgan fingerprint density at radius 3 is 2.69 bits per heavy atom. The lowest BCUT2D eigenvalue weighted by atomic mass is 9.95. The fraction of sp³-hybridized carbons (Fsp3) is 0.375. The standard InChI is InChI=1S/C24H27FN4O2S/c1-31-21-9-5-6-19(14-21)26-15-23-27-28-24(29(23)20-7-3-2-4-8-20)32-16-22(30)17-10-12-18(25)13-11-17/h5-6,9-14,20,26H,2-4,7-8,15-16H2,1H3. The fourth-order valence-corrected chi connectivity index (χ4v) is 4.91. The molecule has 2 aromatic carbocycles. The third kappa shape index (κ3) is 5.48. The fourth-order valence-electron chi connectivity index (χ4n) is 4.00. The first kappa shape index (κ1) is 22.3. The molecular formula is C24H27FN4O2S. The molecule has 1 heterocycles. The number of hydrogen-bond donors (Lipinski definition) is 1. The first-order valence-electron chi connectivity index (χ1n) is 10.9. The minimum Gasteiger partial charge on any atom is -0.497 e. The third-order valence-electron chi connectivity index (χ3n) is 5.69. The maximum Gasteiger partial charge on any atom is 0.191 e. The van der Waals surface area contributed by atoms with Crippen LogP contribution in [0, 0.1) is 5.82 Å². The summed E-state index contributed by atoms with van der Waals surface area (Å²) in [4.78, 5) is 12.6. The highest BCUT2D eigenvalue weighted by Crippen LogP contribution is 2.33. The largest absolute Gasteiger partial charge is 0.497 e. The van der Waals surface area contributed by atoms with E-state index in [1.165, 1.54) is 55.3 Å². The number of ketones is 1. The summed E-state index contributed by atoms with van der Waals surface area (Å²) in [5.41, 5.74) is 1.45. The summed E-state index contributed by atoms with van der Waals surface area (Å²) < 4.78 is 20.7. The molecule has 1 saturated carbocycles. The summed E-state index contributed by atoms with van der Waals surface area (Å²) in [5, 5.41) is 13.0. The summed E-state index contributed by atoms with van der Waals surface area (Å²) in [6, 6.07) is 13.8. The molecule has 6 nitrogen and oxygen atoms in total. The molecule has 0 spiro atoms. The van der Waals surface area contributed by atoms with E-state index in [4.69, 9.17) is 4.74 Å². The average molecular weight is 455 g/mol. The lowest BCUT2D eigenvalue weighted by Crippen LogP contribution is -2.18. The van der Waals surface area contributed by atoms with Gasteiger partial charge in [-0.3, -0.25) is 4.79 Å². The minimum absolute atomic E-state index is 0.0516. The quantitative estimate of drug-likeness (QED) is 0.339. The van der Waals surface area contributed by atoms with Gasteiger partial charge in [-0.05, 0) is 49.2 Å². The number of carbonyl (C=O) groups is 1. The van der Waals surface area contributed by atoms with Crippen LogP contribution in [0.25, 0.3) is 0 Å². The number of anilines is 1. The number of benzene rings is 2. The van der Waals surface area contributed by atoms with Gasteiger partial charge in [0.25, 0.3) is 0 Å². The lowest BCUT2D eigenvalue weighted by molar-refractivity contribution is 0.102. The maximum atomic E-state index is 13.1. The van der Waals surface area contributed by atoms with Crippen molar-refractivity contribution in [2.45, 2.75) is 49.8 Å². The van der Waals surface area contributed by atoms with Crippen LogP contribution >= 0.6 is 11.8 Å². The molecule has 0 bridgehead atoms. The Balaban J connectivity index is 1.49. The Morgan fingerprint density at radius 2 is 1.94 bits per heavy atom. The SMILES string of the molecule is COc1cccc(NCc2nnc(SCC(=O)c3ccc(F)cc3)n2C2CCCCC2)c1. The van der Waals surface area contributed by atoms with E-state index in [0.29, 0.717) is 18.2 Å². The summed E-state index contributed by atoms with van der Waals surface area (Å²) in [6.07, 6.45) is 5.79. The topological polar surface area (TPSA) is 69.0 Å². The lowest BCUT2D eigenvalue weighted by Gasteiger charge is -2.25. The van der Waals surface area contributed by atoms with Crippen molar-refractivity contribution in [2.24, 2.45) is 0 Å². The molecule has 3 aromatic rings. The molecule has 1 fully saturated rings. The average Bonchev–Trinajstić information content (AvgIpc) is 3.25. The minimum atomic E-state index is -0.348. The van der Waals surface area contributed by atoms with E-state index in [1.807, 2.05) is 24.3 Å². The van der Waals surface area contributed by atoms with Crippen molar-refractivity contribution in [1.82, 2.24) is 14.8 Å². The second-order valence-corrected chi connectivity index (χ2v) is 8.81. The molecule has 0 unspecified atom stereocenters. The Kier molecular flexibility index (Phi) is 7.42. The van der Waals surface area contributed by atoms with Gasteiger partial charge in [0.05, 0.1) is 19.4 Å². The van der Waals surface area contributed by atoms with Crippen molar-refractivity contribution in [2.75, 3.05) is 18.2 Å².